The second-order valence-electron chi connectivity index (χ2n) is 7.41. The number of carbonyl (C=O) groups is 2. The zero-order chi connectivity index (χ0) is 20.0. The number of para-hydroxylation sites is 1. The molecule has 2 aliphatic heterocycles. The molecule has 0 saturated carbocycles. The first-order chi connectivity index (χ1) is 14.1. The van der Waals surface area contributed by atoms with Gasteiger partial charge in [-0.05, 0) is 29.3 Å². The minimum atomic E-state index is -1.31. The van der Waals surface area contributed by atoms with Gasteiger partial charge in [-0.3, -0.25) is 9.59 Å². The summed E-state index contributed by atoms with van der Waals surface area (Å²) < 4.78 is 6.82. The van der Waals surface area contributed by atoms with Crippen LogP contribution in [0.15, 0.2) is 83.3 Å². The molecule has 0 N–H and O–H groups in total. The highest BCUT2D eigenvalue weighted by atomic mass is 79.9. The van der Waals surface area contributed by atoms with Gasteiger partial charge in [0.15, 0.2) is 0 Å². The summed E-state index contributed by atoms with van der Waals surface area (Å²) >= 11 is 3.45. The third kappa shape index (κ3) is 2.80. The van der Waals surface area contributed by atoms with E-state index in [0.717, 1.165) is 26.9 Å². The van der Waals surface area contributed by atoms with Gasteiger partial charge in [0.05, 0.1) is 18.7 Å². The quantitative estimate of drug-likeness (QED) is 0.535. The molecule has 0 aromatic heterocycles. The molecule has 0 unspecified atom stereocenters. The van der Waals surface area contributed by atoms with Gasteiger partial charge in [0, 0.05) is 16.0 Å². The summed E-state index contributed by atoms with van der Waals surface area (Å²) in [5.74, 6) is -0.888. The number of benzene rings is 3. The summed E-state index contributed by atoms with van der Waals surface area (Å²) in [6, 6.07) is 25.3. The van der Waals surface area contributed by atoms with E-state index >= 15 is 0 Å². The first kappa shape index (κ1) is 18.1. The van der Waals surface area contributed by atoms with E-state index in [9.17, 15) is 9.59 Å². The van der Waals surface area contributed by atoms with E-state index in [4.69, 9.17) is 4.74 Å². The standard InChI is InChI=1S/C24H18BrNO3/c25-18-12-10-17(11-13-18)20-14-22(27)29-24(20)19-8-4-5-9-21(19)26(23(24)28)15-16-6-2-1-3-7-16/h1-13,20H,14-15H2/t20-,24-/m1/s1. The molecular weight excluding hydrogens is 430 g/mol. The van der Waals surface area contributed by atoms with Gasteiger partial charge in [-0.25, -0.2) is 0 Å². The molecule has 2 aliphatic rings. The molecule has 4 nitrogen and oxygen atoms in total. The van der Waals surface area contributed by atoms with Crippen LogP contribution < -0.4 is 4.90 Å². The fourth-order valence-corrected chi connectivity index (χ4v) is 4.72. The van der Waals surface area contributed by atoms with Crippen LogP contribution in [0, 0.1) is 0 Å². The number of fused-ring (bicyclic) bond motifs is 2. The van der Waals surface area contributed by atoms with Crippen molar-refractivity contribution in [2.24, 2.45) is 0 Å². The third-order valence-corrected chi connectivity index (χ3v) is 6.28. The summed E-state index contributed by atoms with van der Waals surface area (Å²) in [6.07, 6.45) is 0.181. The van der Waals surface area contributed by atoms with Crippen molar-refractivity contribution in [1.82, 2.24) is 0 Å². The van der Waals surface area contributed by atoms with Gasteiger partial charge < -0.3 is 9.64 Å². The van der Waals surface area contributed by atoms with Crippen molar-refractivity contribution in [3.63, 3.8) is 0 Å². The third-order valence-electron chi connectivity index (χ3n) is 5.75. The van der Waals surface area contributed by atoms with Gasteiger partial charge in [0.2, 0.25) is 5.60 Å². The molecule has 3 aromatic carbocycles. The maximum absolute atomic E-state index is 13.8. The topological polar surface area (TPSA) is 46.6 Å². The van der Waals surface area contributed by atoms with E-state index in [1.165, 1.54) is 0 Å². The van der Waals surface area contributed by atoms with Crippen LogP contribution in [0.1, 0.15) is 29.0 Å². The number of hydrogen-bond donors (Lipinski definition) is 0. The zero-order valence-electron chi connectivity index (χ0n) is 15.5. The first-order valence-electron chi connectivity index (χ1n) is 9.52. The fourth-order valence-electron chi connectivity index (χ4n) is 4.46. The fraction of sp³-hybridized carbons (Fsp3) is 0.167. The Bertz CT molecular complexity index is 1100. The predicted molar refractivity (Wildman–Crippen MR) is 113 cm³/mol. The van der Waals surface area contributed by atoms with E-state index in [0.29, 0.717) is 6.54 Å². The summed E-state index contributed by atoms with van der Waals surface area (Å²) in [5, 5.41) is 0. The Morgan fingerprint density at radius 3 is 2.38 bits per heavy atom. The van der Waals surface area contributed by atoms with Gasteiger partial charge in [-0.15, -0.1) is 0 Å². The van der Waals surface area contributed by atoms with Gasteiger partial charge in [-0.2, -0.15) is 0 Å². The molecule has 5 heteroatoms. The lowest BCUT2D eigenvalue weighted by Gasteiger charge is -2.29. The highest BCUT2D eigenvalue weighted by molar-refractivity contribution is 9.10. The number of anilines is 1. The molecule has 0 radical (unpaired) electrons. The molecule has 1 amide bonds. The summed E-state index contributed by atoms with van der Waals surface area (Å²) in [4.78, 5) is 28.0. The second-order valence-corrected chi connectivity index (χ2v) is 8.33. The van der Waals surface area contributed by atoms with Crippen LogP contribution in [-0.4, -0.2) is 11.9 Å². The number of hydrogen-bond acceptors (Lipinski definition) is 3. The number of esters is 1. The minimum absolute atomic E-state index is 0.179. The Morgan fingerprint density at radius 1 is 0.931 bits per heavy atom. The average molecular weight is 448 g/mol. The van der Waals surface area contributed by atoms with Crippen molar-refractivity contribution in [2.45, 2.75) is 24.5 Å². The maximum atomic E-state index is 13.8. The van der Waals surface area contributed by atoms with Crippen molar-refractivity contribution >= 4 is 33.5 Å². The first-order valence-corrected chi connectivity index (χ1v) is 10.3. The molecular formula is C24H18BrNO3. The molecule has 2 atom stereocenters. The number of rotatable bonds is 3. The number of ether oxygens (including phenoxy) is 1. The van der Waals surface area contributed by atoms with E-state index in [2.05, 4.69) is 15.9 Å². The number of halogens is 1. The van der Waals surface area contributed by atoms with E-state index < -0.39 is 5.60 Å². The Labute approximate surface area is 177 Å². The molecule has 1 saturated heterocycles. The molecule has 144 valence electrons. The van der Waals surface area contributed by atoms with Gasteiger partial charge >= 0.3 is 5.97 Å². The van der Waals surface area contributed by atoms with Crippen molar-refractivity contribution in [3.8, 4) is 0 Å². The molecule has 0 aliphatic carbocycles. The lowest BCUT2D eigenvalue weighted by molar-refractivity contribution is -0.158. The van der Waals surface area contributed by atoms with Crippen LogP contribution in [0.4, 0.5) is 5.69 Å². The molecule has 0 bridgehead atoms. The Hall–Kier alpha value is -2.92. The van der Waals surface area contributed by atoms with Crippen LogP contribution in [-0.2, 0) is 26.5 Å². The molecule has 3 aromatic rings. The van der Waals surface area contributed by atoms with Crippen LogP contribution in [0.25, 0.3) is 0 Å². The molecule has 5 rings (SSSR count). The van der Waals surface area contributed by atoms with Crippen molar-refractivity contribution in [2.75, 3.05) is 4.90 Å². The van der Waals surface area contributed by atoms with E-state index in [1.54, 1.807) is 4.90 Å². The van der Waals surface area contributed by atoms with E-state index in [-0.39, 0.29) is 24.2 Å². The van der Waals surface area contributed by atoms with Crippen LogP contribution in [0.5, 0.6) is 0 Å². The number of nitrogens with zero attached hydrogens (tertiary/aromatic N) is 1. The van der Waals surface area contributed by atoms with Crippen molar-refractivity contribution in [3.05, 3.63) is 100 Å². The highest BCUT2D eigenvalue weighted by Gasteiger charge is 2.63. The lowest BCUT2D eigenvalue weighted by Crippen LogP contribution is -2.43. The molecule has 29 heavy (non-hydrogen) atoms. The van der Waals surface area contributed by atoms with E-state index in [1.807, 2.05) is 78.9 Å². The number of carbonyl (C=O) groups excluding carboxylic acids is 2. The van der Waals surface area contributed by atoms with Crippen LogP contribution >= 0.6 is 15.9 Å². The normalized spacial score (nSPS) is 22.8. The smallest absolute Gasteiger partial charge is 0.308 e. The largest absolute Gasteiger partial charge is 0.443 e. The summed E-state index contributed by atoms with van der Waals surface area (Å²) in [6.45, 7) is 0.434. The van der Waals surface area contributed by atoms with Crippen LogP contribution in [0.3, 0.4) is 0 Å². The minimum Gasteiger partial charge on any atom is -0.443 e. The monoisotopic (exact) mass is 447 g/mol. The second kappa shape index (κ2) is 6.85. The average Bonchev–Trinajstić information content (AvgIpc) is 3.21. The van der Waals surface area contributed by atoms with Gasteiger partial charge in [0.1, 0.15) is 0 Å². The molecule has 2 heterocycles. The SMILES string of the molecule is O=C1C[C@H](c2ccc(Br)cc2)[C@@]2(O1)C(=O)N(Cc1ccccc1)c1ccccc12. The van der Waals surface area contributed by atoms with Crippen LogP contribution in [0.2, 0.25) is 0 Å². The Balaban J connectivity index is 1.64. The number of amides is 1. The van der Waals surface area contributed by atoms with Gasteiger partial charge in [0.25, 0.3) is 5.91 Å². The highest BCUT2D eigenvalue weighted by Crippen LogP contribution is 2.55. The predicted octanol–water partition coefficient (Wildman–Crippen LogP) is 4.92. The molecule has 1 fully saturated rings. The van der Waals surface area contributed by atoms with Crippen molar-refractivity contribution in [1.29, 1.82) is 0 Å². The van der Waals surface area contributed by atoms with Crippen molar-refractivity contribution < 1.29 is 14.3 Å². The summed E-state index contributed by atoms with van der Waals surface area (Å²) in [7, 11) is 0. The maximum Gasteiger partial charge on any atom is 0.308 e. The van der Waals surface area contributed by atoms with Gasteiger partial charge in [-0.1, -0.05) is 76.6 Å². The lowest BCUT2D eigenvalue weighted by atomic mass is 9.78. The summed E-state index contributed by atoms with van der Waals surface area (Å²) in [5.41, 5.74) is 2.20. The Kier molecular flexibility index (Phi) is 4.28. The Morgan fingerprint density at radius 2 is 1.62 bits per heavy atom. The molecule has 1 spiro atoms. The zero-order valence-corrected chi connectivity index (χ0v) is 17.1.